The molecule has 0 bridgehead atoms. The zero-order valence-corrected chi connectivity index (χ0v) is 10.5. The minimum atomic E-state index is -1.02. The van der Waals surface area contributed by atoms with E-state index in [4.69, 9.17) is 0 Å². The van der Waals surface area contributed by atoms with Gasteiger partial charge >= 0.3 is 0 Å². The Morgan fingerprint density at radius 2 is 2.00 bits per heavy atom. The predicted molar refractivity (Wildman–Crippen MR) is 70.6 cm³/mol. The Morgan fingerprint density at radius 3 is 2.63 bits per heavy atom. The largest absolute Gasteiger partial charge is 0.382 e. The van der Waals surface area contributed by atoms with Crippen molar-refractivity contribution in [2.75, 3.05) is 13.1 Å². The maximum absolute atomic E-state index is 13.0. The molecule has 1 aromatic rings. The predicted octanol–water partition coefficient (Wildman–Crippen LogP) is 0.579. The summed E-state index contributed by atoms with van der Waals surface area (Å²) in [6, 6.07) is 6.33. The lowest BCUT2D eigenvalue weighted by Gasteiger charge is -2.20. The highest BCUT2D eigenvalue weighted by atomic mass is 19.1. The molecule has 2 unspecified atom stereocenters. The zero-order valence-electron chi connectivity index (χ0n) is 10.5. The van der Waals surface area contributed by atoms with Gasteiger partial charge in [0.1, 0.15) is 17.1 Å². The summed E-state index contributed by atoms with van der Waals surface area (Å²) < 4.78 is 13.0. The van der Waals surface area contributed by atoms with Crippen molar-refractivity contribution in [3.8, 4) is 0 Å². The van der Waals surface area contributed by atoms with Gasteiger partial charge in [-0.3, -0.25) is 0 Å². The topological polar surface area (TPSA) is 69.0 Å². The second-order valence-electron chi connectivity index (χ2n) is 5.03. The first-order valence-electron chi connectivity index (χ1n) is 6.17. The van der Waals surface area contributed by atoms with E-state index in [2.05, 4.69) is 21.1 Å². The molecule has 1 aromatic carbocycles. The third-order valence-corrected chi connectivity index (χ3v) is 3.46. The van der Waals surface area contributed by atoms with Crippen LogP contribution in [0.1, 0.15) is 18.4 Å². The molecule has 3 N–H and O–H groups in total. The molecule has 2 aliphatic rings. The highest BCUT2D eigenvalue weighted by molar-refractivity contribution is 6.47. The molecule has 0 saturated heterocycles. The minimum absolute atomic E-state index is 0.0225. The van der Waals surface area contributed by atoms with Gasteiger partial charge in [0.15, 0.2) is 0 Å². The normalized spacial score (nSPS) is 29.5. The SMILES string of the molecule is CC1(O)CNN=C1C1=NNCC1c1ccc(F)cc1. The number of halogens is 1. The maximum atomic E-state index is 13.0. The molecule has 2 aliphatic heterocycles. The molecule has 19 heavy (non-hydrogen) atoms. The minimum Gasteiger partial charge on any atom is -0.382 e. The molecule has 2 heterocycles. The smallest absolute Gasteiger partial charge is 0.126 e. The molecule has 5 nitrogen and oxygen atoms in total. The van der Waals surface area contributed by atoms with Gasteiger partial charge < -0.3 is 16.0 Å². The van der Waals surface area contributed by atoms with Crippen LogP contribution in [-0.4, -0.2) is 35.2 Å². The number of β-amino-alcohol motifs (C(OH)–C–C–N with tert-alkyl or cyclic N) is 1. The molecule has 6 heteroatoms. The van der Waals surface area contributed by atoms with Crippen LogP contribution in [-0.2, 0) is 0 Å². The Kier molecular flexibility index (Phi) is 2.74. The Bertz CT molecular complexity index is 550. The fourth-order valence-corrected chi connectivity index (χ4v) is 2.40. The summed E-state index contributed by atoms with van der Waals surface area (Å²) in [5.41, 5.74) is 6.90. The molecule has 0 fully saturated rings. The van der Waals surface area contributed by atoms with Gasteiger partial charge in [0.25, 0.3) is 0 Å². The Hall–Kier alpha value is -1.95. The van der Waals surface area contributed by atoms with E-state index in [-0.39, 0.29) is 11.7 Å². The van der Waals surface area contributed by atoms with Crippen molar-refractivity contribution in [1.82, 2.24) is 10.9 Å². The quantitative estimate of drug-likeness (QED) is 0.730. The van der Waals surface area contributed by atoms with Crippen molar-refractivity contribution >= 4 is 11.4 Å². The molecule has 0 saturated carbocycles. The van der Waals surface area contributed by atoms with E-state index in [0.717, 1.165) is 5.56 Å². The molecule has 0 amide bonds. The van der Waals surface area contributed by atoms with Gasteiger partial charge in [0, 0.05) is 12.5 Å². The van der Waals surface area contributed by atoms with Crippen LogP contribution in [0.3, 0.4) is 0 Å². The van der Waals surface area contributed by atoms with E-state index in [1.165, 1.54) is 12.1 Å². The summed E-state index contributed by atoms with van der Waals surface area (Å²) in [5.74, 6) is -0.286. The van der Waals surface area contributed by atoms with E-state index >= 15 is 0 Å². The highest BCUT2D eigenvalue weighted by Crippen LogP contribution is 2.25. The summed E-state index contributed by atoms with van der Waals surface area (Å²) in [4.78, 5) is 0. The van der Waals surface area contributed by atoms with Crippen LogP contribution in [0.15, 0.2) is 34.5 Å². The summed E-state index contributed by atoms with van der Waals surface area (Å²) in [7, 11) is 0. The number of hydrogen-bond acceptors (Lipinski definition) is 5. The van der Waals surface area contributed by atoms with E-state index in [0.29, 0.717) is 24.5 Å². The van der Waals surface area contributed by atoms with Crippen molar-refractivity contribution in [2.45, 2.75) is 18.4 Å². The Labute approximate surface area is 110 Å². The first kappa shape index (κ1) is 12.1. The lowest BCUT2D eigenvalue weighted by molar-refractivity contribution is 0.145. The number of hydrazone groups is 2. The van der Waals surface area contributed by atoms with Crippen LogP contribution in [0.25, 0.3) is 0 Å². The van der Waals surface area contributed by atoms with Crippen LogP contribution < -0.4 is 10.9 Å². The Morgan fingerprint density at radius 1 is 1.26 bits per heavy atom. The molecular weight excluding hydrogens is 247 g/mol. The number of nitrogens with one attached hydrogen (secondary N) is 2. The first-order chi connectivity index (χ1) is 9.08. The van der Waals surface area contributed by atoms with Crippen LogP contribution in [0.2, 0.25) is 0 Å². The van der Waals surface area contributed by atoms with Crippen LogP contribution in [0.4, 0.5) is 4.39 Å². The van der Waals surface area contributed by atoms with Gasteiger partial charge in [-0.15, -0.1) is 0 Å². The standard InChI is InChI=1S/C13H15FN4O/c1-13(19)7-16-18-12(13)11-10(6-15-17-11)8-2-4-9(14)5-3-8/h2-5,10,15-16,19H,6-7H2,1H3. The van der Waals surface area contributed by atoms with Gasteiger partial charge in [-0.1, -0.05) is 12.1 Å². The van der Waals surface area contributed by atoms with E-state index in [1.54, 1.807) is 19.1 Å². The summed E-state index contributed by atoms with van der Waals surface area (Å²) in [6.07, 6.45) is 0. The van der Waals surface area contributed by atoms with Crippen molar-refractivity contribution < 1.29 is 9.50 Å². The van der Waals surface area contributed by atoms with Gasteiger partial charge in [0.2, 0.25) is 0 Å². The lowest BCUT2D eigenvalue weighted by atomic mass is 9.86. The summed E-state index contributed by atoms with van der Waals surface area (Å²) in [5, 5.41) is 18.6. The van der Waals surface area contributed by atoms with Gasteiger partial charge in [-0.25, -0.2) is 4.39 Å². The van der Waals surface area contributed by atoms with E-state index < -0.39 is 5.60 Å². The second-order valence-corrected chi connectivity index (χ2v) is 5.03. The lowest BCUT2D eigenvalue weighted by Crippen LogP contribution is -2.42. The number of nitrogens with zero attached hydrogens (tertiary/aromatic N) is 2. The van der Waals surface area contributed by atoms with Crippen molar-refractivity contribution in [3.05, 3.63) is 35.6 Å². The summed E-state index contributed by atoms with van der Waals surface area (Å²) >= 11 is 0. The average Bonchev–Trinajstić information content (AvgIpc) is 2.95. The zero-order chi connectivity index (χ0) is 13.5. The first-order valence-corrected chi connectivity index (χ1v) is 6.17. The molecule has 100 valence electrons. The fraction of sp³-hybridized carbons (Fsp3) is 0.385. The number of rotatable bonds is 2. The summed E-state index contributed by atoms with van der Waals surface area (Å²) in [6.45, 7) is 2.70. The molecular formula is C13H15FN4O. The van der Waals surface area contributed by atoms with Crippen molar-refractivity contribution in [3.63, 3.8) is 0 Å². The second kappa shape index (κ2) is 4.31. The van der Waals surface area contributed by atoms with Gasteiger partial charge in [-0.2, -0.15) is 10.2 Å². The third-order valence-electron chi connectivity index (χ3n) is 3.46. The molecule has 0 aromatic heterocycles. The van der Waals surface area contributed by atoms with Crippen molar-refractivity contribution in [2.24, 2.45) is 10.2 Å². The monoisotopic (exact) mass is 262 g/mol. The highest BCUT2D eigenvalue weighted by Gasteiger charge is 2.40. The molecule has 0 spiro atoms. The molecule has 2 atom stereocenters. The van der Waals surface area contributed by atoms with Crippen molar-refractivity contribution in [1.29, 1.82) is 0 Å². The molecule has 3 rings (SSSR count). The van der Waals surface area contributed by atoms with E-state index in [9.17, 15) is 9.50 Å². The molecule has 0 aliphatic carbocycles. The third kappa shape index (κ3) is 2.08. The number of benzene rings is 1. The number of hydrogen-bond donors (Lipinski definition) is 3. The molecule has 0 radical (unpaired) electrons. The van der Waals surface area contributed by atoms with Gasteiger partial charge in [-0.05, 0) is 24.6 Å². The van der Waals surface area contributed by atoms with Crippen LogP contribution >= 0.6 is 0 Å². The van der Waals surface area contributed by atoms with Crippen LogP contribution in [0.5, 0.6) is 0 Å². The fourth-order valence-electron chi connectivity index (χ4n) is 2.40. The Balaban J connectivity index is 1.92. The van der Waals surface area contributed by atoms with Crippen LogP contribution in [0, 0.1) is 5.82 Å². The number of aliphatic hydroxyl groups is 1. The van der Waals surface area contributed by atoms with E-state index in [1.807, 2.05) is 0 Å². The maximum Gasteiger partial charge on any atom is 0.126 e. The van der Waals surface area contributed by atoms with Gasteiger partial charge in [0.05, 0.1) is 12.3 Å². The average molecular weight is 262 g/mol.